The monoisotopic (exact) mass is 398 g/mol. The molecule has 1 aliphatic rings. The molecule has 1 aliphatic heterocycles. The van der Waals surface area contributed by atoms with Crippen LogP contribution in [0, 0.1) is 13.8 Å². The lowest BCUT2D eigenvalue weighted by Crippen LogP contribution is -2.60. The van der Waals surface area contributed by atoms with Gasteiger partial charge in [-0.1, -0.05) is 30.3 Å². The summed E-state index contributed by atoms with van der Waals surface area (Å²) >= 11 is 0. The van der Waals surface area contributed by atoms with E-state index in [1.807, 2.05) is 57.4 Å². The summed E-state index contributed by atoms with van der Waals surface area (Å²) < 4.78 is 1.53. The molecule has 0 saturated carbocycles. The van der Waals surface area contributed by atoms with E-state index in [0.717, 1.165) is 11.3 Å². The van der Waals surface area contributed by atoms with E-state index < -0.39 is 11.6 Å². The summed E-state index contributed by atoms with van der Waals surface area (Å²) in [6.45, 7) is 4.75. The van der Waals surface area contributed by atoms with E-state index in [9.17, 15) is 14.7 Å². The van der Waals surface area contributed by atoms with Gasteiger partial charge in [0.05, 0.1) is 11.6 Å². The van der Waals surface area contributed by atoms with Gasteiger partial charge in [-0.05, 0) is 46.0 Å². The van der Waals surface area contributed by atoms with Gasteiger partial charge in [-0.2, -0.15) is 4.98 Å². The van der Waals surface area contributed by atoms with Gasteiger partial charge in [-0.15, -0.1) is 0 Å². The first-order chi connectivity index (χ1) is 13.8. The molecule has 7 nitrogen and oxygen atoms in total. The van der Waals surface area contributed by atoms with Crippen LogP contribution in [0.3, 0.4) is 0 Å². The molecular formula is C22H30N4O3. The number of aliphatic hydroxyl groups excluding tert-OH is 1. The van der Waals surface area contributed by atoms with E-state index in [0.29, 0.717) is 25.2 Å². The maximum atomic E-state index is 12.8. The maximum absolute atomic E-state index is 12.8. The van der Waals surface area contributed by atoms with Crippen molar-refractivity contribution >= 4 is 5.91 Å². The lowest BCUT2D eigenvalue weighted by Gasteiger charge is -2.49. The third-order valence-electron chi connectivity index (χ3n) is 6.03. The van der Waals surface area contributed by atoms with Crippen LogP contribution in [0.4, 0.5) is 0 Å². The molecule has 1 saturated heterocycles. The quantitative estimate of drug-likeness (QED) is 0.821. The number of hydrogen-bond donors (Lipinski definition) is 1. The number of hydrogen-bond acceptors (Lipinski definition) is 5. The van der Waals surface area contributed by atoms with E-state index >= 15 is 0 Å². The van der Waals surface area contributed by atoms with Gasteiger partial charge in [0.15, 0.2) is 0 Å². The highest BCUT2D eigenvalue weighted by molar-refractivity contribution is 5.76. The van der Waals surface area contributed by atoms with Crippen molar-refractivity contribution in [3.05, 3.63) is 63.8 Å². The number of likely N-dealkylation sites (tertiary alicyclic amines) is 1. The van der Waals surface area contributed by atoms with Crippen LogP contribution in [0.25, 0.3) is 0 Å². The van der Waals surface area contributed by atoms with E-state index in [1.165, 1.54) is 4.57 Å². The summed E-state index contributed by atoms with van der Waals surface area (Å²) in [5, 5.41) is 11.1. The minimum atomic E-state index is -0.705. The van der Waals surface area contributed by atoms with Crippen LogP contribution in [0.5, 0.6) is 0 Å². The zero-order valence-corrected chi connectivity index (χ0v) is 17.6. The number of carbonyl (C=O) groups excluding carboxylic acids is 1. The predicted molar refractivity (Wildman–Crippen MR) is 112 cm³/mol. The van der Waals surface area contributed by atoms with Gasteiger partial charge in [0.1, 0.15) is 0 Å². The summed E-state index contributed by atoms with van der Waals surface area (Å²) in [6, 6.07) is 11.8. The molecule has 1 aromatic carbocycles. The molecule has 1 fully saturated rings. The Bertz CT molecular complexity index is 925. The predicted octanol–water partition coefficient (Wildman–Crippen LogP) is 1.30. The van der Waals surface area contributed by atoms with Crippen LogP contribution in [0.2, 0.25) is 0 Å². The first-order valence-electron chi connectivity index (χ1n) is 9.99. The minimum absolute atomic E-state index is 0.0589. The van der Waals surface area contributed by atoms with Gasteiger partial charge >= 0.3 is 5.69 Å². The zero-order chi connectivity index (χ0) is 21.2. The Kier molecular flexibility index (Phi) is 6.19. The van der Waals surface area contributed by atoms with Crippen molar-refractivity contribution in [2.75, 3.05) is 27.2 Å². The van der Waals surface area contributed by atoms with Gasteiger partial charge in [-0.25, -0.2) is 4.79 Å². The second-order valence-corrected chi connectivity index (χ2v) is 8.01. The topological polar surface area (TPSA) is 78.7 Å². The molecule has 2 aromatic rings. The number of benzene rings is 1. The fourth-order valence-corrected chi connectivity index (χ4v) is 4.41. The van der Waals surface area contributed by atoms with E-state index in [-0.39, 0.29) is 24.6 Å². The molecule has 2 heterocycles. The number of amides is 1. The normalized spacial score (nSPS) is 22.1. The van der Waals surface area contributed by atoms with Gasteiger partial charge in [0.25, 0.3) is 0 Å². The molecule has 0 radical (unpaired) electrons. The number of carbonyl (C=O) groups is 1. The minimum Gasteiger partial charge on any atom is -0.389 e. The number of aryl methyl sites for hydroxylation is 2. The fraction of sp³-hybridized carbons (Fsp3) is 0.500. The van der Waals surface area contributed by atoms with Crippen molar-refractivity contribution in [3.8, 4) is 0 Å². The van der Waals surface area contributed by atoms with Gasteiger partial charge in [-0.3, -0.25) is 14.3 Å². The highest BCUT2D eigenvalue weighted by atomic mass is 16.3. The third-order valence-corrected chi connectivity index (χ3v) is 6.03. The average Bonchev–Trinajstić information content (AvgIpc) is 2.67. The number of nitrogens with zero attached hydrogens (tertiary/aromatic N) is 4. The highest BCUT2D eigenvalue weighted by Gasteiger charge is 2.46. The molecule has 1 N–H and O–H groups in total. The fourth-order valence-electron chi connectivity index (χ4n) is 4.41. The SMILES string of the molecule is Cc1cc(C)n(CCC(=O)N2CC[C@@](c3ccccc3)(N(C)C)[C@H](O)C2)c(=O)n1. The van der Waals surface area contributed by atoms with Crippen molar-refractivity contribution in [2.24, 2.45) is 0 Å². The maximum Gasteiger partial charge on any atom is 0.347 e. The molecule has 7 heteroatoms. The van der Waals surface area contributed by atoms with Gasteiger partial charge < -0.3 is 10.0 Å². The number of likely N-dealkylation sites (N-methyl/N-ethyl adjacent to an activating group) is 1. The van der Waals surface area contributed by atoms with E-state index in [4.69, 9.17) is 0 Å². The summed E-state index contributed by atoms with van der Waals surface area (Å²) in [5.41, 5.74) is 1.67. The first kappa shape index (κ1) is 21.2. The van der Waals surface area contributed by atoms with Crippen molar-refractivity contribution in [1.82, 2.24) is 19.4 Å². The number of aliphatic hydroxyl groups is 1. The lowest BCUT2D eigenvalue weighted by molar-refractivity contribution is -0.141. The molecule has 0 spiro atoms. The zero-order valence-electron chi connectivity index (χ0n) is 17.6. The molecule has 3 rings (SSSR count). The Hall–Kier alpha value is -2.51. The summed E-state index contributed by atoms with van der Waals surface area (Å²) in [5.74, 6) is -0.0589. The molecule has 0 unspecified atom stereocenters. The molecule has 1 amide bonds. The average molecular weight is 399 g/mol. The molecule has 29 heavy (non-hydrogen) atoms. The van der Waals surface area contributed by atoms with E-state index in [2.05, 4.69) is 9.88 Å². The van der Waals surface area contributed by atoms with Crippen molar-refractivity contribution < 1.29 is 9.90 Å². The summed E-state index contributed by atoms with van der Waals surface area (Å²) in [4.78, 5) is 32.6. The van der Waals surface area contributed by atoms with Crippen molar-refractivity contribution in [2.45, 2.75) is 44.9 Å². The number of β-amino-alcohol motifs (C(OH)–C–C–N with tert-alkyl or cyclic N) is 1. The van der Waals surface area contributed by atoms with Crippen LogP contribution < -0.4 is 5.69 Å². The van der Waals surface area contributed by atoms with Gasteiger partial charge in [0, 0.05) is 37.4 Å². The first-order valence-corrected chi connectivity index (χ1v) is 9.99. The number of rotatable bonds is 5. The smallest absolute Gasteiger partial charge is 0.347 e. The Morgan fingerprint density at radius 3 is 2.55 bits per heavy atom. The van der Waals surface area contributed by atoms with Gasteiger partial charge in [0.2, 0.25) is 5.91 Å². The second kappa shape index (κ2) is 8.47. The molecule has 1 aromatic heterocycles. The molecule has 156 valence electrons. The van der Waals surface area contributed by atoms with Crippen LogP contribution in [-0.2, 0) is 16.9 Å². The molecular weight excluding hydrogens is 368 g/mol. The lowest BCUT2D eigenvalue weighted by atomic mass is 9.77. The molecule has 2 atom stereocenters. The Morgan fingerprint density at radius 2 is 1.97 bits per heavy atom. The summed E-state index contributed by atoms with van der Waals surface area (Å²) in [7, 11) is 3.93. The second-order valence-electron chi connectivity index (χ2n) is 8.01. The molecule has 0 aliphatic carbocycles. The van der Waals surface area contributed by atoms with Crippen molar-refractivity contribution in [3.63, 3.8) is 0 Å². The van der Waals surface area contributed by atoms with Crippen LogP contribution in [0.15, 0.2) is 41.2 Å². The van der Waals surface area contributed by atoms with Crippen molar-refractivity contribution in [1.29, 1.82) is 0 Å². The summed E-state index contributed by atoms with van der Waals surface area (Å²) in [6.07, 6.45) is 0.142. The largest absolute Gasteiger partial charge is 0.389 e. The highest BCUT2D eigenvalue weighted by Crippen LogP contribution is 2.37. The van der Waals surface area contributed by atoms with E-state index in [1.54, 1.807) is 11.8 Å². The van der Waals surface area contributed by atoms with Crippen LogP contribution >= 0.6 is 0 Å². The number of piperidine rings is 1. The standard InChI is InChI=1S/C22H30N4O3/c1-16-14-17(2)26(21(29)23-16)12-10-20(28)25-13-11-22(24(3)4,19(27)15-25)18-8-6-5-7-9-18/h5-9,14,19,27H,10-13,15H2,1-4H3/t19-,22+/m1/s1. The number of aromatic nitrogens is 2. The van der Waals surface area contributed by atoms with Crippen LogP contribution in [0.1, 0.15) is 29.8 Å². The molecule has 0 bridgehead atoms. The Morgan fingerprint density at radius 1 is 1.28 bits per heavy atom. The van der Waals surface area contributed by atoms with Crippen LogP contribution in [-0.4, -0.2) is 63.7 Å². The Balaban J connectivity index is 1.70. The Labute approximate surface area is 171 Å². The third kappa shape index (κ3) is 4.11.